The Hall–Kier alpha value is -1.39. The third kappa shape index (κ3) is 8.19. The molecular weight excluding hydrogens is 519 g/mol. The quantitative estimate of drug-likeness (QED) is 0.232. The number of aliphatic hydroxyl groups excluding tert-OH is 1. The van der Waals surface area contributed by atoms with Crippen molar-refractivity contribution in [2.24, 2.45) is 10.9 Å². The van der Waals surface area contributed by atoms with Gasteiger partial charge in [0.2, 0.25) is 0 Å². The number of nitrogens with zero attached hydrogens (tertiary/aromatic N) is 3. The second-order valence-corrected chi connectivity index (χ2v) is 8.53. The largest absolute Gasteiger partial charge is 0.466 e. The average Bonchev–Trinajstić information content (AvgIpc) is 2.79. The third-order valence-corrected chi connectivity index (χ3v) is 6.07. The van der Waals surface area contributed by atoms with Gasteiger partial charge in [0.25, 0.3) is 0 Å². The molecule has 1 aromatic rings. The van der Waals surface area contributed by atoms with Crippen LogP contribution in [-0.4, -0.2) is 72.3 Å². The second-order valence-electron chi connectivity index (χ2n) is 8.53. The topological polar surface area (TPSA) is 77.4 Å². The van der Waals surface area contributed by atoms with Gasteiger partial charge in [-0.2, -0.15) is 0 Å². The fraction of sp³-hybridized carbons (Fsp3) is 0.667. The molecule has 2 aliphatic heterocycles. The van der Waals surface area contributed by atoms with E-state index in [1.165, 1.54) is 11.1 Å². The Balaban J connectivity index is 0.00000363. The number of carbonyl (C=O) groups excluding carboxylic acids is 1. The van der Waals surface area contributed by atoms with Crippen molar-refractivity contribution >= 4 is 35.9 Å². The van der Waals surface area contributed by atoms with Crippen molar-refractivity contribution in [2.45, 2.75) is 58.7 Å². The molecule has 0 saturated carbocycles. The van der Waals surface area contributed by atoms with E-state index in [1.54, 1.807) is 0 Å². The number of rotatable bonds is 7. The minimum absolute atomic E-state index is 0. The molecule has 0 amide bonds. The number of aliphatic hydroxyl groups is 1. The van der Waals surface area contributed by atoms with Crippen molar-refractivity contribution in [1.29, 1.82) is 0 Å². The van der Waals surface area contributed by atoms with Gasteiger partial charge >= 0.3 is 5.97 Å². The smallest absolute Gasteiger partial charge is 0.310 e. The lowest BCUT2D eigenvalue weighted by atomic mass is 9.98. The molecular formula is C24H39IN4O3. The van der Waals surface area contributed by atoms with Crippen molar-refractivity contribution in [1.82, 2.24) is 15.1 Å². The molecule has 180 valence electrons. The van der Waals surface area contributed by atoms with Gasteiger partial charge < -0.3 is 20.1 Å². The number of likely N-dealkylation sites (tertiary alicyclic amines) is 2. The molecule has 2 heterocycles. The first-order chi connectivity index (χ1) is 15.1. The summed E-state index contributed by atoms with van der Waals surface area (Å²) in [6.45, 7) is 10.2. The van der Waals surface area contributed by atoms with Crippen molar-refractivity contribution < 1.29 is 14.6 Å². The standard InChI is InChI=1S/C24H38N4O3.HI/c1-3-25-24(28-13-5-6-21(18-28)23(30)31-4-2)26-16-19-7-9-20(10-8-19)17-27-14-11-22(29)12-15-27;/h7-10,21-22,29H,3-6,11-18H2,1-2H3,(H,25,26);1H/t21-;/m0./s1. The van der Waals surface area contributed by atoms with Crippen LogP contribution in [-0.2, 0) is 22.6 Å². The molecule has 0 unspecified atom stereocenters. The first kappa shape index (κ1) is 26.9. The van der Waals surface area contributed by atoms with Crippen molar-refractivity contribution in [2.75, 3.05) is 39.3 Å². The number of nitrogens with one attached hydrogen (secondary N) is 1. The number of hydrogen-bond donors (Lipinski definition) is 2. The number of piperidine rings is 2. The zero-order valence-electron chi connectivity index (χ0n) is 19.5. The summed E-state index contributed by atoms with van der Waals surface area (Å²) in [7, 11) is 0. The molecule has 0 radical (unpaired) electrons. The van der Waals surface area contributed by atoms with Crippen LogP contribution in [0.4, 0.5) is 0 Å². The van der Waals surface area contributed by atoms with Gasteiger partial charge in [0.1, 0.15) is 0 Å². The third-order valence-electron chi connectivity index (χ3n) is 6.07. The minimum atomic E-state index is -0.130. The molecule has 7 nitrogen and oxygen atoms in total. The Morgan fingerprint density at radius 2 is 1.81 bits per heavy atom. The van der Waals surface area contributed by atoms with Crippen molar-refractivity contribution in [3.8, 4) is 0 Å². The summed E-state index contributed by atoms with van der Waals surface area (Å²) in [5.74, 6) is 0.696. The van der Waals surface area contributed by atoms with Gasteiger partial charge in [-0.1, -0.05) is 24.3 Å². The van der Waals surface area contributed by atoms with E-state index in [2.05, 4.69) is 46.3 Å². The van der Waals surface area contributed by atoms with Crippen LogP contribution < -0.4 is 5.32 Å². The first-order valence-corrected chi connectivity index (χ1v) is 11.8. The number of carbonyl (C=O) groups is 1. The van der Waals surface area contributed by atoms with Crippen LogP contribution in [0.3, 0.4) is 0 Å². The SMILES string of the molecule is CCNC(=NCc1ccc(CN2CCC(O)CC2)cc1)N1CCC[C@H](C(=O)OCC)C1.I. The second kappa shape index (κ2) is 14.0. The highest BCUT2D eigenvalue weighted by Crippen LogP contribution is 2.19. The summed E-state index contributed by atoms with van der Waals surface area (Å²) in [5.41, 5.74) is 2.47. The van der Waals surface area contributed by atoms with E-state index in [9.17, 15) is 9.90 Å². The molecule has 0 spiro atoms. The van der Waals surface area contributed by atoms with Gasteiger partial charge in [-0.05, 0) is 50.7 Å². The van der Waals surface area contributed by atoms with Crippen LogP contribution in [0.25, 0.3) is 0 Å². The maximum absolute atomic E-state index is 12.2. The summed E-state index contributed by atoms with van der Waals surface area (Å²) in [6.07, 6.45) is 3.46. The highest BCUT2D eigenvalue weighted by molar-refractivity contribution is 14.0. The van der Waals surface area contributed by atoms with Crippen LogP contribution in [0.15, 0.2) is 29.3 Å². The number of guanidine groups is 1. The number of aliphatic imine (C=N–C) groups is 1. The Labute approximate surface area is 209 Å². The molecule has 2 saturated heterocycles. The van der Waals surface area contributed by atoms with E-state index in [1.807, 2.05) is 6.92 Å². The maximum Gasteiger partial charge on any atom is 0.310 e. The Morgan fingerprint density at radius 3 is 2.47 bits per heavy atom. The van der Waals surface area contributed by atoms with E-state index in [4.69, 9.17) is 9.73 Å². The van der Waals surface area contributed by atoms with Crippen LogP contribution >= 0.6 is 24.0 Å². The molecule has 1 aromatic carbocycles. The fourth-order valence-electron chi connectivity index (χ4n) is 4.30. The number of hydrogen-bond acceptors (Lipinski definition) is 5. The van der Waals surface area contributed by atoms with Crippen molar-refractivity contribution in [3.05, 3.63) is 35.4 Å². The summed E-state index contributed by atoms with van der Waals surface area (Å²) >= 11 is 0. The molecule has 2 N–H and O–H groups in total. The lowest BCUT2D eigenvalue weighted by Gasteiger charge is -2.34. The lowest BCUT2D eigenvalue weighted by Crippen LogP contribution is -2.48. The van der Waals surface area contributed by atoms with E-state index in [0.717, 1.165) is 64.4 Å². The molecule has 0 aliphatic carbocycles. The average molecular weight is 559 g/mol. The van der Waals surface area contributed by atoms with E-state index in [-0.39, 0.29) is 42.0 Å². The summed E-state index contributed by atoms with van der Waals surface area (Å²) < 4.78 is 5.23. The van der Waals surface area contributed by atoms with E-state index in [0.29, 0.717) is 19.7 Å². The lowest BCUT2D eigenvalue weighted by molar-refractivity contribution is -0.149. The molecule has 0 bridgehead atoms. The van der Waals surface area contributed by atoms with Gasteiger partial charge in [-0.15, -0.1) is 24.0 Å². The Morgan fingerprint density at radius 1 is 1.12 bits per heavy atom. The van der Waals surface area contributed by atoms with Crippen LogP contribution in [0.2, 0.25) is 0 Å². The minimum Gasteiger partial charge on any atom is -0.466 e. The van der Waals surface area contributed by atoms with Crippen LogP contribution in [0.1, 0.15) is 50.7 Å². The molecule has 3 rings (SSSR count). The summed E-state index contributed by atoms with van der Waals surface area (Å²) in [6, 6.07) is 8.67. The monoisotopic (exact) mass is 558 g/mol. The number of esters is 1. The van der Waals surface area contributed by atoms with Crippen molar-refractivity contribution in [3.63, 3.8) is 0 Å². The van der Waals surface area contributed by atoms with Gasteiger partial charge in [-0.3, -0.25) is 9.69 Å². The summed E-state index contributed by atoms with van der Waals surface area (Å²) in [5, 5.41) is 13.0. The fourth-order valence-corrected chi connectivity index (χ4v) is 4.30. The molecule has 0 aromatic heterocycles. The molecule has 2 aliphatic rings. The Kier molecular flexibility index (Phi) is 11.7. The van der Waals surface area contributed by atoms with Gasteiger partial charge in [0, 0.05) is 39.3 Å². The normalized spacial score (nSPS) is 20.5. The predicted octanol–water partition coefficient (Wildman–Crippen LogP) is 3.00. The molecule has 8 heteroatoms. The van der Waals surface area contributed by atoms with Gasteiger partial charge in [0.05, 0.1) is 25.2 Å². The zero-order valence-corrected chi connectivity index (χ0v) is 21.8. The Bertz CT molecular complexity index is 720. The molecule has 1 atom stereocenters. The van der Waals surface area contributed by atoms with E-state index >= 15 is 0 Å². The maximum atomic E-state index is 12.2. The van der Waals surface area contributed by atoms with Gasteiger partial charge in [0.15, 0.2) is 5.96 Å². The first-order valence-electron chi connectivity index (χ1n) is 11.8. The summed E-state index contributed by atoms with van der Waals surface area (Å²) in [4.78, 5) is 21.6. The molecule has 2 fully saturated rings. The van der Waals surface area contributed by atoms with E-state index < -0.39 is 0 Å². The predicted molar refractivity (Wildman–Crippen MR) is 138 cm³/mol. The number of benzene rings is 1. The van der Waals surface area contributed by atoms with Crippen LogP contribution in [0.5, 0.6) is 0 Å². The highest BCUT2D eigenvalue weighted by atomic mass is 127. The highest BCUT2D eigenvalue weighted by Gasteiger charge is 2.28. The number of ether oxygens (including phenoxy) is 1. The van der Waals surface area contributed by atoms with Gasteiger partial charge in [-0.25, -0.2) is 4.99 Å². The molecule has 32 heavy (non-hydrogen) atoms. The van der Waals surface area contributed by atoms with Crippen LogP contribution in [0, 0.1) is 5.92 Å². The number of halogens is 1. The zero-order chi connectivity index (χ0) is 22.1.